The maximum atomic E-state index is 10.2. The van der Waals surface area contributed by atoms with E-state index in [9.17, 15) is 5.11 Å². The summed E-state index contributed by atoms with van der Waals surface area (Å²) in [6.45, 7) is 0. The summed E-state index contributed by atoms with van der Waals surface area (Å²) in [5.41, 5.74) is 2.31. The zero-order valence-corrected chi connectivity index (χ0v) is 15.8. The number of fused-ring (bicyclic) bond motifs is 1. The number of hydrogen-bond acceptors (Lipinski definition) is 5. The molecular formula is C22H18N4OS. The van der Waals surface area contributed by atoms with Gasteiger partial charge in [0.05, 0.1) is 10.2 Å². The standard InChI is InChI=1S/C22H18N4OS/c23-20-9-7-15-10-13(6-8-17(15)24-20)11-19-21(27)26-22(28-19)25-18-12-16(18)14-4-2-1-3-5-14/h1-11,16,18,23,27H,12H2,(H,25,26)/b13-11+,23-20?/t16-,18+/m0/s1. The van der Waals surface area contributed by atoms with Crippen molar-refractivity contribution in [1.29, 1.82) is 5.41 Å². The van der Waals surface area contributed by atoms with E-state index in [4.69, 9.17) is 5.41 Å². The number of anilines is 1. The van der Waals surface area contributed by atoms with Crippen molar-refractivity contribution in [3.8, 4) is 5.88 Å². The van der Waals surface area contributed by atoms with Gasteiger partial charge in [0.2, 0.25) is 5.88 Å². The molecule has 2 aliphatic rings. The summed E-state index contributed by atoms with van der Waals surface area (Å²) in [4.78, 5) is 9.21. The number of rotatable bonds is 4. The van der Waals surface area contributed by atoms with Crippen LogP contribution in [0, 0.1) is 5.41 Å². The zero-order chi connectivity index (χ0) is 19.1. The van der Waals surface area contributed by atoms with Crippen LogP contribution in [0.5, 0.6) is 5.88 Å². The molecule has 28 heavy (non-hydrogen) atoms. The molecule has 6 heteroatoms. The summed E-state index contributed by atoms with van der Waals surface area (Å²) in [7, 11) is 0. The van der Waals surface area contributed by atoms with Crippen LogP contribution in [0.25, 0.3) is 12.2 Å². The average Bonchev–Trinajstić information content (AvgIpc) is 3.38. The van der Waals surface area contributed by atoms with Gasteiger partial charge in [-0.3, -0.25) is 5.41 Å². The molecule has 1 aliphatic heterocycles. The van der Waals surface area contributed by atoms with Gasteiger partial charge < -0.3 is 10.4 Å². The molecule has 0 unspecified atom stereocenters. The Balaban J connectivity index is 1.36. The van der Waals surface area contributed by atoms with Crippen LogP contribution < -0.4 is 15.9 Å². The first kappa shape index (κ1) is 16.9. The predicted octanol–water partition coefficient (Wildman–Crippen LogP) is 3.27. The maximum Gasteiger partial charge on any atom is 0.231 e. The van der Waals surface area contributed by atoms with Gasteiger partial charge in [-0.2, -0.15) is 4.98 Å². The van der Waals surface area contributed by atoms with Crippen LogP contribution in [0.15, 0.2) is 59.6 Å². The van der Waals surface area contributed by atoms with Crippen molar-refractivity contribution in [1.82, 2.24) is 4.98 Å². The first-order valence-corrected chi connectivity index (χ1v) is 9.96. The number of thiazole rings is 1. The van der Waals surface area contributed by atoms with Crippen LogP contribution in [0.2, 0.25) is 0 Å². The van der Waals surface area contributed by atoms with E-state index >= 15 is 0 Å². The number of benzene rings is 2. The van der Waals surface area contributed by atoms with E-state index < -0.39 is 0 Å². The Bertz CT molecular complexity index is 1210. The monoisotopic (exact) mass is 386 g/mol. The lowest BCUT2D eigenvalue weighted by Gasteiger charge is -2.01. The summed E-state index contributed by atoms with van der Waals surface area (Å²) in [6, 6.07) is 16.7. The third-order valence-corrected chi connectivity index (χ3v) is 5.90. The highest BCUT2D eigenvalue weighted by Gasteiger charge is 2.38. The van der Waals surface area contributed by atoms with E-state index in [2.05, 4.69) is 39.6 Å². The Morgan fingerprint density at radius 1 is 1.14 bits per heavy atom. The van der Waals surface area contributed by atoms with E-state index in [0.717, 1.165) is 32.6 Å². The van der Waals surface area contributed by atoms with Gasteiger partial charge in [0.15, 0.2) is 5.13 Å². The Hall–Kier alpha value is -3.25. The molecule has 2 aromatic carbocycles. The van der Waals surface area contributed by atoms with Crippen LogP contribution in [-0.2, 0) is 0 Å². The fourth-order valence-corrected chi connectivity index (χ4v) is 4.33. The third-order valence-electron chi connectivity index (χ3n) is 4.97. The van der Waals surface area contributed by atoms with Crippen molar-refractivity contribution in [3.05, 3.63) is 81.2 Å². The number of nitrogens with zero attached hydrogens (tertiary/aromatic N) is 2. The lowest BCUT2D eigenvalue weighted by Crippen LogP contribution is -2.16. The maximum absolute atomic E-state index is 10.2. The molecule has 1 aliphatic carbocycles. The molecule has 0 radical (unpaired) electrons. The smallest absolute Gasteiger partial charge is 0.231 e. The topological polar surface area (TPSA) is 81.4 Å². The molecule has 3 aromatic rings. The summed E-state index contributed by atoms with van der Waals surface area (Å²) in [5.74, 6) is 0.813. The molecular weight excluding hydrogens is 368 g/mol. The molecule has 1 aromatic heterocycles. The molecule has 0 saturated heterocycles. The van der Waals surface area contributed by atoms with Crippen LogP contribution >= 0.6 is 11.3 Å². The minimum Gasteiger partial charge on any atom is -0.492 e. The molecule has 2 atom stereocenters. The molecule has 1 fully saturated rings. The van der Waals surface area contributed by atoms with E-state index in [0.29, 0.717) is 12.0 Å². The largest absolute Gasteiger partial charge is 0.492 e. The fraction of sp³-hybridized carbons (Fsp3) is 0.136. The zero-order valence-electron chi connectivity index (χ0n) is 15.0. The minimum atomic E-state index is 0.0455. The lowest BCUT2D eigenvalue weighted by molar-refractivity contribution is 0.456. The molecule has 2 heterocycles. The second kappa shape index (κ2) is 6.73. The molecule has 0 bridgehead atoms. The normalized spacial score (nSPS) is 20.6. The highest BCUT2D eigenvalue weighted by Crippen LogP contribution is 2.43. The van der Waals surface area contributed by atoms with Crippen LogP contribution in [-0.4, -0.2) is 22.0 Å². The quantitative estimate of drug-likeness (QED) is 0.644. The number of aromatic hydroxyl groups is 1. The second-order valence-electron chi connectivity index (χ2n) is 7.00. The van der Waals surface area contributed by atoms with Gasteiger partial charge in [-0.1, -0.05) is 47.7 Å². The van der Waals surface area contributed by atoms with Crippen molar-refractivity contribution < 1.29 is 5.11 Å². The van der Waals surface area contributed by atoms with Crippen molar-refractivity contribution in [3.63, 3.8) is 0 Å². The van der Waals surface area contributed by atoms with Gasteiger partial charge >= 0.3 is 0 Å². The lowest BCUT2D eigenvalue weighted by atomic mass is 10.1. The Morgan fingerprint density at radius 3 is 2.86 bits per heavy atom. The molecule has 3 N–H and O–H groups in total. The van der Waals surface area contributed by atoms with Crippen molar-refractivity contribution in [2.45, 2.75) is 18.4 Å². The van der Waals surface area contributed by atoms with Crippen molar-refractivity contribution in [2.75, 3.05) is 5.32 Å². The summed E-state index contributed by atoms with van der Waals surface area (Å²) in [6.07, 6.45) is 6.57. The fourth-order valence-electron chi connectivity index (χ4n) is 3.45. The summed E-state index contributed by atoms with van der Waals surface area (Å²) >= 11 is 1.45. The number of nitrogens with one attached hydrogen (secondary N) is 2. The van der Waals surface area contributed by atoms with E-state index in [1.165, 1.54) is 16.9 Å². The molecule has 138 valence electrons. The van der Waals surface area contributed by atoms with Crippen LogP contribution in [0.3, 0.4) is 0 Å². The van der Waals surface area contributed by atoms with E-state index in [-0.39, 0.29) is 11.7 Å². The van der Waals surface area contributed by atoms with Gasteiger partial charge in [0, 0.05) is 17.5 Å². The minimum absolute atomic E-state index is 0.0455. The van der Waals surface area contributed by atoms with E-state index in [1.54, 1.807) is 6.08 Å². The number of hydrogen-bond donors (Lipinski definition) is 3. The second-order valence-corrected chi connectivity index (χ2v) is 8.03. The van der Waals surface area contributed by atoms with E-state index in [1.807, 2.05) is 36.4 Å². The molecule has 0 spiro atoms. The average molecular weight is 386 g/mol. The summed E-state index contributed by atoms with van der Waals surface area (Å²) in [5, 5.41) is 23.8. The molecule has 5 nitrogen and oxygen atoms in total. The van der Waals surface area contributed by atoms with Gasteiger partial charge in [-0.25, -0.2) is 4.99 Å². The van der Waals surface area contributed by atoms with Crippen molar-refractivity contribution in [2.24, 2.45) is 4.99 Å². The molecule has 5 rings (SSSR count). The van der Waals surface area contributed by atoms with Gasteiger partial charge in [0.1, 0.15) is 5.84 Å². The van der Waals surface area contributed by atoms with Gasteiger partial charge in [-0.15, -0.1) is 0 Å². The predicted molar refractivity (Wildman–Crippen MR) is 113 cm³/mol. The van der Waals surface area contributed by atoms with Crippen LogP contribution in [0.1, 0.15) is 28.3 Å². The van der Waals surface area contributed by atoms with Crippen LogP contribution in [0.4, 0.5) is 5.13 Å². The summed E-state index contributed by atoms with van der Waals surface area (Å²) < 4.78 is 0. The SMILES string of the molecule is N=C1C=Cc2c/c(=C/c3sc(N[C@@H]4C[C@H]4c4ccccc4)nc3O)ccc2=N1. The number of aromatic nitrogens is 1. The van der Waals surface area contributed by atoms with Gasteiger partial charge in [-0.05, 0) is 47.6 Å². The van der Waals surface area contributed by atoms with Crippen molar-refractivity contribution >= 4 is 34.5 Å². The molecule has 0 amide bonds. The third kappa shape index (κ3) is 3.34. The highest BCUT2D eigenvalue weighted by molar-refractivity contribution is 7.16. The Morgan fingerprint density at radius 2 is 2.00 bits per heavy atom. The Labute approximate surface area is 165 Å². The van der Waals surface area contributed by atoms with Gasteiger partial charge in [0.25, 0.3) is 0 Å². The molecule has 1 saturated carbocycles. The first-order chi connectivity index (χ1) is 13.7. The first-order valence-electron chi connectivity index (χ1n) is 9.14. The Kier molecular flexibility index (Phi) is 4.06. The number of amidine groups is 1. The highest BCUT2D eigenvalue weighted by atomic mass is 32.1.